The number of phenolic OH excluding ortho intramolecular Hbond substituents is 1. The monoisotopic (exact) mass is 231 g/mol. The minimum atomic E-state index is -0.362. The van der Waals surface area contributed by atoms with Gasteiger partial charge in [0.05, 0.1) is 11.8 Å². The van der Waals surface area contributed by atoms with Crippen molar-refractivity contribution in [2.24, 2.45) is 0 Å². The van der Waals surface area contributed by atoms with Gasteiger partial charge in [-0.3, -0.25) is 9.89 Å². The van der Waals surface area contributed by atoms with Crippen LogP contribution in [-0.4, -0.2) is 21.2 Å². The number of nitrogens with zero attached hydrogens (tertiary/aromatic N) is 1. The summed E-state index contributed by atoms with van der Waals surface area (Å²) in [6, 6.07) is 5.04. The zero-order chi connectivity index (χ0) is 12.4. The average Bonchev–Trinajstić information content (AvgIpc) is 2.68. The molecule has 0 saturated heterocycles. The smallest absolute Gasteiger partial charge is 0.260 e. The van der Waals surface area contributed by atoms with Crippen LogP contribution in [0.25, 0.3) is 0 Å². The van der Waals surface area contributed by atoms with Gasteiger partial charge in [-0.15, -0.1) is 0 Å². The second kappa shape index (κ2) is 4.29. The van der Waals surface area contributed by atoms with Gasteiger partial charge in [-0.25, -0.2) is 0 Å². The number of amides is 1. The van der Waals surface area contributed by atoms with Crippen LogP contribution in [0.2, 0.25) is 0 Å². The number of benzene rings is 1. The first kappa shape index (κ1) is 11.2. The lowest BCUT2D eigenvalue weighted by atomic mass is 10.1. The summed E-state index contributed by atoms with van der Waals surface area (Å²) in [5.41, 5.74) is 1.75. The van der Waals surface area contributed by atoms with Crippen molar-refractivity contribution in [3.63, 3.8) is 0 Å². The molecule has 0 fully saturated rings. The fourth-order valence-electron chi connectivity index (χ4n) is 1.50. The SMILES string of the molecule is Cc1cn[nH]c1NC(=O)c1cccc(C)c1O. The minimum Gasteiger partial charge on any atom is -0.507 e. The molecule has 1 heterocycles. The number of aryl methyl sites for hydroxylation is 2. The van der Waals surface area contributed by atoms with Gasteiger partial charge in [-0.2, -0.15) is 5.10 Å². The van der Waals surface area contributed by atoms with Crippen molar-refractivity contribution in [2.45, 2.75) is 13.8 Å². The van der Waals surface area contributed by atoms with Crippen molar-refractivity contribution in [2.75, 3.05) is 5.32 Å². The number of anilines is 1. The molecule has 0 spiro atoms. The number of H-pyrrole nitrogens is 1. The molecule has 3 N–H and O–H groups in total. The second-order valence-corrected chi connectivity index (χ2v) is 3.85. The number of para-hydroxylation sites is 1. The van der Waals surface area contributed by atoms with Crippen molar-refractivity contribution < 1.29 is 9.90 Å². The predicted molar refractivity (Wildman–Crippen MR) is 64.1 cm³/mol. The molecule has 2 aromatic rings. The first-order valence-electron chi connectivity index (χ1n) is 5.19. The molecule has 0 unspecified atom stereocenters. The first-order chi connectivity index (χ1) is 8.09. The van der Waals surface area contributed by atoms with Gasteiger partial charge in [0.15, 0.2) is 0 Å². The fraction of sp³-hybridized carbons (Fsp3) is 0.167. The number of carbonyl (C=O) groups excluding carboxylic acids is 1. The number of rotatable bonds is 2. The lowest BCUT2D eigenvalue weighted by Gasteiger charge is -2.07. The molecule has 1 aromatic carbocycles. The highest BCUT2D eigenvalue weighted by Crippen LogP contribution is 2.22. The lowest BCUT2D eigenvalue weighted by molar-refractivity contribution is 0.102. The summed E-state index contributed by atoms with van der Waals surface area (Å²) in [4.78, 5) is 11.9. The van der Waals surface area contributed by atoms with Crippen LogP contribution in [0.5, 0.6) is 5.75 Å². The summed E-state index contributed by atoms with van der Waals surface area (Å²) >= 11 is 0. The average molecular weight is 231 g/mol. The number of aromatic nitrogens is 2. The molecule has 0 radical (unpaired) electrons. The van der Waals surface area contributed by atoms with Crippen LogP contribution in [-0.2, 0) is 0 Å². The summed E-state index contributed by atoms with van der Waals surface area (Å²) in [7, 11) is 0. The van der Waals surface area contributed by atoms with E-state index in [1.807, 2.05) is 6.92 Å². The van der Waals surface area contributed by atoms with Crippen LogP contribution in [0.1, 0.15) is 21.5 Å². The molecule has 5 nitrogen and oxygen atoms in total. The predicted octanol–water partition coefficient (Wildman–Crippen LogP) is 1.98. The maximum atomic E-state index is 11.9. The zero-order valence-electron chi connectivity index (χ0n) is 9.61. The Morgan fingerprint density at radius 2 is 2.12 bits per heavy atom. The Kier molecular flexibility index (Phi) is 2.82. The molecule has 0 saturated carbocycles. The molecule has 1 amide bonds. The Morgan fingerprint density at radius 3 is 2.76 bits per heavy atom. The quantitative estimate of drug-likeness (QED) is 0.739. The van der Waals surface area contributed by atoms with E-state index in [1.54, 1.807) is 31.3 Å². The van der Waals surface area contributed by atoms with Gasteiger partial charge < -0.3 is 10.4 Å². The molecule has 5 heteroatoms. The summed E-state index contributed by atoms with van der Waals surface area (Å²) < 4.78 is 0. The number of aromatic amines is 1. The van der Waals surface area contributed by atoms with Crippen LogP contribution in [0, 0.1) is 13.8 Å². The van der Waals surface area contributed by atoms with E-state index in [1.165, 1.54) is 0 Å². The number of aromatic hydroxyl groups is 1. The van der Waals surface area contributed by atoms with Gasteiger partial charge in [0.1, 0.15) is 11.6 Å². The van der Waals surface area contributed by atoms with E-state index in [-0.39, 0.29) is 17.2 Å². The molecule has 0 aliphatic rings. The number of hydrogen-bond donors (Lipinski definition) is 3. The van der Waals surface area contributed by atoms with E-state index < -0.39 is 0 Å². The Bertz CT molecular complexity index is 561. The van der Waals surface area contributed by atoms with Crippen LogP contribution < -0.4 is 5.32 Å². The molecule has 17 heavy (non-hydrogen) atoms. The summed E-state index contributed by atoms with van der Waals surface area (Å²) in [6.07, 6.45) is 1.62. The van der Waals surface area contributed by atoms with E-state index in [9.17, 15) is 9.90 Å². The van der Waals surface area contributed by atoms with E-state index in [0.717, 1.165) is 5.56 Å². The van der Waals surface area contributed by atoms with Crippen LogP contribution in [0.3, 0.4) is 0 Å². The van der Waals surface area contributed by atoms with E-state index in [2.05, 4.69) is 15.5 Å². The standard InChI is InChI=1S/C12H13N3O2/c1-7-4-3-5-9(10(7)16)12(17)14-11-8(2)6-13-15-11/h3-6,16H,1-2H3,(H2,13,14,15,17). The number of nitrogens with one attached hydrogen (secondary N) is 2. The van der Waals surface area contributed by atoms with Gasteiger partial charge in [-0.1, -0.05) is 12.1 Å². The summed E-state index contributed by atoms with van der Waals surface area (Å²) in [5, 5.41) is 18.9. The third-order valence-electron chi connectivity index (χ3n) is 2.55. The molecule has 88 valence electrons. The fourth-order valence-corrected chi connectivity index (χ4v) is 1.50. The molecule has 1 aromatic heterocycles. The minimum absolute atomic E-state index is 0.00201. The van der Waals surface area contributed by atoms with Gasteiger partial charge in [0.25, 0.3) is 5.91 Å². The Morgan fingerprint density at radius 1 is 1.35 bits per heavy atom. The van der Waals surface area contributed by atoms with Crippen molar-refractivity contribution in [1.82, 2.24) is 10.2 Å². The zero-order valence-corrected chi connectivity index (χ0v) is 9.61. The molecule has 0 bridgehead atoms. The number of carbonyl (C=O) groups is 1. The molecular weight excluding hydrogens is 218 g/mol. The second-order valence-electron chi connectivity index (χ2n) is 3.85. The largest absolute Gasteiger partial charge is 0.507 e. The highest BCUT2D eigenvalue weighted by molar-refractivity contribution is 6.06. The van der Waals surface area contributed by atoms with Crippen molar-refractivity contribution in [1.29, 1.82) is 0 Å². The van der Waals surface area contributed by atoms with E-state index in [0.29, 0.717) is 11.4 Å². The third kappa shape index (κ3) is 2.13. The van der Waals surface area contributed by atoms with E-state index >= 15 is 0 Å². The maximum absolute atomic E-state index is 11.9. The Labute approximate surface area is 98.5 Å². The molecular formula is C12H13N3O2. The molecule has 2 rings (SSSR count). The van der Waals surface area contributed by atoms with Gasteiger partial charge in [0.2, 0.25) is 0 Å². The van der Waals surface area contributed by atoms with Crippen LogP contribution >= 0.6 is 0 Å². The number of hydrogen-bond acceptors (Lipinski definition) is 3. The third-order valence-corrected chi connectivity index (χ3v) is 2.55. The molecule has 0 atom stereocenters. The molecule has 0 aliphatic carbocycles. The van der Waals surface area contributed by atoms with Gasteiger partial charge in [0, 0.05) is 5.56 Å². The van der Waals surface area contributed by atoms with Crippen LogP contribution in [0.4, 0.5) is 5.82 Å². The summed E-state index contributed by atoms with van der Waals surface area (Å²) in [6.45, 7) is 3.57. The summed E-state index contributed by atoms with van der Waals surface area (Å²) in [5.74, 6) is 0.177. The maximum Gasteiger partial charge on any atom is 0.260 e. The van der Waals surface area contributed by atoms with Crippen molar-refractivity contribution >= 4 is 11.7 Å². The Hall–Kier alpha value is -2.30. The highest BCUT2D eigenvalue weighted by Gasteiger charge is 2.13. The molecule has 0 aliphatic heterocycles. The number of phenols is 1. The first-order valence-corrected chi connectivity index (χ1v) is 5.19. The van der Waals surface area contributed by atoms with Gasteiger partial charge in [-0.05, 0) is 25.5 Å². The van der Waals surface area contributed by atoms with Crippen molar-refractivity contribution in [3.05, 3.63) is 41.1 Å². The lowest BCUT2D eigenvalue weighted by Crippen LogP contribution is -2.13. The van der Waals surface area contributed by atoms with Gasteiger partial charge >= 0.3 is 0 Å². The Balaban J connectivity index is 2.27. The van der Waals surface area contributed by atoms with Crippen LogP contribution in [0.15, 0.2) is 24.4 Å². The normalized spacial score (nSPS) is 10.2. The van der Waals surface area contributed by atoms with Crippen molar-refractivity contribution in [3.8, 4) is 5.75 Å². The topological polar surface area (TPSA) is 78.0 Å². The van der Waals surface area contributed by atoms with E-state index in [4.69, 9.17) is 0 Å². The highest BCUT2D eigenvalue weighted by atomic mass is 16.3.